The molecule has 0 aromatic heterocycles. The fraction of sp³-hybridized carbons (Fsp3) is 0.556. The normalized spacial score (nSPS) is 15.0. The van der Waals surface area contributed by atoms with Gasteiger partial charge in [0.2, 0.25) is 0 Å². The average molecular weight is 356 g/mol. The minimum Gasteiger partial charge on any atom is -0.478 e. The summed E-state index contributed by atoms with van der Waals surface area (Å²) in [4.78, 5) is 41.2. The van der Waals surface area contributed by atoms with Crippen molar-refractivity contribution >= 4 is 23.9 Å². The number of hydrogen-bond acceptors (Lipinski definition) is 5. The molecule has 1 saturated heterocycles. The van der Waals surface area contributed by atoms with Crippen molar-refractivity contribution in [1.29, 1.82) is 0 Å². The molecule has 0 saturated carbocycles. The molecule has 1 rings (SSSR count). The largest absolute Gasteiger partial charge is 0.478 e. The second kappa shape index (κ2) is 15.1. The zero-order valence-electron chi connectivity index (χ0n) is 15.0. The number of carbonyl (C=O) groups excluding carboxylic acids is 2. The summed E-state index contributed by atoms with van der Waals surface area (Å²) in [6, 6.07) is 0. The minimum atomic E-state index is -0.935. The molecular weight excluding hydrogens is 328 g/mol. The topological polar surface area (TPSA) is 118 Å². The van der Waals surface area contributed by atoms with E-state index in [1.54, 1.807) is 0 Å². The number of carbonyl (C=O) groups is 4. The Balaban J connectivity index is 0. The summed E-state index contributed by atoms with van der Waals surface area (Å²) >= 11 is 0. The number of aliphatic carboxylic acids is 2. The van der Waals surface area contributed by atoms with Crippen LogP contribution in [0.2, 0.25) is 0 Å². The smallest absolute Gasteiger partial charge is 0.330 e. The van der Waals surface area contributed by atoms with Crippen molar-refractivity contribution in [3.8, 4) is 0 Å². The highest BCUT2D eigenvalue weighted by Crippen LogP contribution is 2.11. The first kappa shape index (κ1) is 24.8. The van der Waals surface area contributed by atoms with Crippen LogP contribution in [-0.2, 0) is 23.9 Å². The third-order valence-corrected chi connectivity index (χ3v) is 2.97. The highest BCUT2D eigenvalue weighted by molar-refractivity contribution is 5.85. The van der Waals surface area contributed by atoms with Gasteiger partial charge >= 0.3 is 23.9 Å². The lowest BCUT2D eigenvalue weighted by Gasteiger charge is -2.00. The molecule has 0 aromatic carbocycles. The van der Waals surface area contributed by atoms with Crippen molar-refractivity contribution in [2.45, 2.75) is 65.2 Å². The second-order valence-electron chi connectivity index (χ2n) is 5.64. The fourth-order valence-corrected chi connectivity index (χ4v) is 1.47. The Kier molecular flexibility index (Phi) is 15.0. The molecule has 0 aromatic rings. The molecule has 0 radical (unpaired) electrons. The maximum atomic E-state index is 11.0. The van der Waals surface area contributed by atoms with E-state index in [9.17, 15) is 19.2 Å². The van der Waals surface area contributed by atoms with Crippen LogP contribution >= 0.6 is 0 Å². The Morgan fingerprint density at radius 3 is 1.24 bits per heavy atom. The molecule has 7 nitrogen and oxygen atoms in total. The first-order chi connectivity index (χ1) is 11.6. The molecule has 0 spiro atoms. The second-order valence-corrected chi connectivity index (χ2v) is 5.64. The molecule has 25 heavy (non-hydrogen) atoms. The van der Waals surface area contributed by atoms with E-state index in [0.717, 1.165) is 25.7 Å². The predicted octanol–water partition coefficient (Wildman–Crippen LogP) is 3.48. The number of carboxylic acid groups (broad SMARTS) is 2. The lowest BCUT2D eigenvalue weighted by Crippen LogP contribution is -2.11. The van der Waals surface area contributed by atoms with Gasteiger partial charge in [0.1, 0.15) is 0 Å². The Hall–Kier alpha value is -2.44. The lowest BCUT2D eigenvalue weighted by molar-refractivity contribution is -0.159. The fourth-order valence-electron chi connectivity index (χ4n) is 1.47. The van der Waals surface area contributed by atoms with Gasteiger partial charge in [-0.1, -0.05) is 38.8 Å². The molecule has 7 heteroatoms. The highest BCUT2D eigenvalue weighted by atomic mass is 16.6. The maximum absolute atomic E-state index is 11.0. The molecule has 142 valence electrons. The summed E-state index contributed by atoms with van der Waals surface area (Å²) in [5, 5.41) is 15.8. The van der Waals surface area contributed by atoms with Gasteiger partial charge in [-0.3, -0.25) is 9.59 Å². The van der Waals surface area contributed by atoms with Gasteiger partial charge in [0.05, 0.1) is 0 Å². The van der Waals surface area contributed by atoms with Gasteiger partial charge in [-0.15, -0.1) is 0 Å². The Labute approximate surface area is 148 Å². The average Bonchev–Trinajstić information content (AvgIpc) is 2.54. The van der Waals surface area contributed by atoms with Crippen LogP contribution in [0.3, 0.4) is 0 Å². The number of rotatable bonds is 2. The molecule has 0 atom stereocenters. The molecule has 1 fully saturated rings. The number of carboxylic acids is 2. The van der Waals surface area contributed by atoms with Crippen LogP contribution in [0.4, 0.5) is 0 Å². The molecule has 0 bridgehead atoms. The lowest BCUT2D eigenvalue weighted by atomic mass is 10.1. The summed E-state index contributed by atoms with van der Waals surface area (Å²) in [6.07, 6.45) is 6.98. The van der Waals surface area contributed by atoms with E-state index in [4.69, 9.17) is 10.2 Å². The number of hydrogen-bond donors (Lipinski definition) is 2. The SMILES string of the molecule is C=C(C)C(=O)O.C=C(C)C(=O)O.O=C1CCCCCCCCC(=O)O1. The van der Waals surface area contributed by atoms with Gasteiger partial charge in [0.25, 0.3) is 0 Å². The van der Waals surface area contributed by atoms with E-state index in [2.05, 4.69) is 17.9 Å². The quantitative estimate of drug-likeness (QED) is 0.442. The summed E-state index contributed by atoms with van der Waals surface area (Å²) in [6.45, 7) is 9.20. The maximum Gasteiger partial charge on any atom is 0.330 e. The van der Waals surface area contributed by atoms with E-state index in [-0.39, 0.29) is 23.1 Å². The number of ether oxygens (including phenoxy) is 1. The third kappa shape index (κ3) is 19.5. The molecule has 0 amide bonds. The van der Waals surface area contributed by atoms with E-state index in [1.807, 2.05) is 0 Å². The van der Waals surface area contributed by atoms with Gasteiger partial charge in [-0.05, 0) is 26.7 Å². The summed E-state index contributed by atoms with van der Waals surface area (Å²) in [5.41, 5.74) is 0.352. The van der Waals surface area contributed by atoms with Gasteiger partial charge in [-0.2, -0.15) is 0 Å². The summed E-state index contributed by atoms with van der Waals surface area (Å²) in [7, 11) is 0. The van der Waals surface area contributed by atoms with Gasteiger partial charge in [0, 0.05) is 24.0 Å². The molecule has 1 aliphatic heterocycles. The zero-order valence-corrected chi connectivity index (χ0v) is 15.0. The molecule has 1 aliphatic rings. The minimum absolute atomic E-state index is 0.176. The van der Waals surface area contributed by atoms with Crippen molar-refractivity contribution in [2.24, 2.45) is 0 Å². The monoisotopic (exact) mass is 356 g/mol. The van der Waals surface area contributed by atoms with Crippen LogP contribution in [0, 0.1) is 0 Å². The zero-order chi connectivity index (χ0) is 19.8. The summed E-state index contributed by atoms with van der Waals surface area (Å²) in [5.74, 6) is -2.58. The number of cyclic esters (lactones) is 2. The molecular formula is C18H28O7. The predicted molar refractivity (Wildman–Crippen MR) is 92.9 cm³/mol. The van der Waals surface area contributed by atoms with Crippen LogP contribution in [0.5, 0.6) is 0 Å². The van der Waals surface area contributed by atoms with Crippen molar-refractivity contribution in [3.05, 3.63) is 24.3 Å². The Bertz CT molecular complexity index is 424. The first-order valence-corrected chi connectivity index (χ1v) is 8.09. The van der Waals surface area contributed by atoms with E-state index in [1.165, 1.54) is 26.7 Å². The van der Waals surface area contributed by atoms with E-state index >= 15 is 0 Å². The first-order valence-electron chi connectivity index (χ1n) is 8.09. The summed E-state index contributed by atoms with van der Waals surface area (Å²) < 4.78 is 4.60. The highest BCUT2D eigenvalue weighted by Gasteiger charge is 2.10. The molecule has 0 unspecified atom stereocenters. The van der Waals surface area contributed by atoms with Crippen molar-refractivity contribution in [3.63, 3.8) is 0 Å². The van der Waals surface area contributed by atoms with Gasteiger partial charge in [0.15, 0.2) is 0 Å². The molecule has 0 aliphatic carbocycles. The van der Waals surface area contributed by atoms with E-state index in [0.29, 0.717) is 12.8 Å². The van der Waals surface area contributed by atoms with Crippen molar-refractivity contribution < 1.29 is 34.1 Å². The van der Waals surface area contributed by atoms with Crippen LogP contribution in [0.25, 0.3) is 0 Å². The Morgan fingerprint density at radius 2 is 1.00 bits per heavy atom. The standard InChI is InChI=1S/C10H16O3.2C4H6O2/c11-9-7-5-3-1-2-4-6-8-10(12)13-9;2*1-3(2)4(5)6/h1-8H2;2*1H2,2H3,(H,5,6). The number of esters is 2. The van der Waals surface area contributed by atoms with Gasteiger partial charge in [-0.25, -0.2) is 9.59 Å². The van der Waals surface area contributed by atoms with E-state index < -0.39 is 11.9 Å². The van der Waals surface area contributed by atoms with Gasteiger partial charge < -0.3 is 14.9 Å². The van der Waals surface area contributed by atoms with Crippen LogP contribution < -0.4 is 0 Å². The van der Waals surface area contributed by atoms with Crippen molar-refractivity contribution in [1.82, 2.24) is 0 Å². The van der Waals surface area contributed by atoms with Crippen LogP contribution in [-0.4, -0.2) is 34.1 Å². The third-order valence-electron chi connectivity index (χ3n) is 2.97. The van der Waals surface area contributed by atoms with Crippen LogP contribution in [0.1, 0.15) is 65.2 Å². The molecule has 2 N–H and O–H groups in total. The Morgan fingerprint density at radius 1 is 0.760 bits per heavy atom. The molecule has 1 heterocycles. The van der Waals surface area contributed by atoms with Crippen molar-refractivity contribution in [2.75, 3.05) is 0 Å². The van der Waals surface area contributed by atoms with Crippen LogP contribution in [0.15, 0.2) is 24.3 Å².